The average molecular weight is 358 g/mol. The lowest BCUT2D eigenvalue weighted by molar-refractivity contribution is -0.136. The predicted octanol–water partition coefficient (Wildman–Crippen LogP) is 2.98. The first-order chi connectivity index (χ1) is 11.1. The number of rotatable bonds is 5. The van der Waals surface area contributed by atoms with E-state index in [9.17, 15) is 9.59 Å². The average Bonchev–Trinajstić information content (AvgIpc) is 3.24. The highest BCUT2D eigenvalue weighted by Gasteiger charge is 2.31. The molecule has 3 rings (SSSR count). The summed E-state index contributed by atoms with van der Waals surface area (Å²) in [6, 6.07) is 3.42. The topological polar surface area (TPSA) is 55.8 Å². The second-order valence-corrected chi connectivity index (χ2v) is 7.57. The van der Waals surface area contributed by atoms with Crippen LogP contribution in [-0.2, 0) is 14.3 Å². The maximum atomic E-state index is 12.3. The molecular weight excluding hydrogens is 338 g/mol. The highest BCUT2D eigenvalue weighted by Crippen LogP contribution is 2.27. The van der Waals surface area contributed by atoms with E-state index in [0.29, 0.717) is 41.4 Å². The third kappa shape index (κ3) is 4.32. The fourth-order valence-electron chi connectivity index (χ4n) is 3.04. The zero-order valence-electron chi connectivity index (χ0n) is 12.8. The summed E-state index contributed by atoms with van der Waals surface area (Å²) >= 11 is 7.09. The van der Waals surface area contributed by atoms with Crippen molar-refractivity contribution >= 4 is 34.6 Å². The zero-order valence-corrected chi connectivity index (χ0v) is 14.4. The van der Waals surface area contributed by atoms with E-state index < -0.39 is 0 Å². The summed E-state index contributed by atoms with van der Waals surface area (Å²) < 4.78 is 11.7. The number of hydrogen-bond acceptors (Lipinski definition) is 5. The van der Waals surface area contributed by atoms with Crippen LogP contribution < -0.4 is 0 Å². The van der Waals surface area contributed by atoms with Crippen LogP contribution in [0.3, 0.4) is 0 Å². The minimum Gasteiger partial charge on any atom is -0.350 e. The summed E-state index contributed by atoms with van der Waals surface area (Å²) in [7, 11) is 0. The molecule has 0 spiro atoms. The lowest BCUT2D eigenvalue weighted by Gasteiger charge is -2.33. The summed E-state index contributed by atoms with van der Waals surface area (Å²) in [5.74, 6) is 0.405. The molecule has 2 fully saturated rings. The van der Waals surface area contributed by atoms with Gasteiger partial charge in [-0.15, -0.1) is 11.3 Å². The van der Waals surface area contributed by atoms with Crippen molar-refractivity contribution < 1.29 is 19.1 Å². The second kappa shape index (κ2) is 7.75. The molecular formula is C16H20ClNO4S. The molecule has 1 amide bonds. The number of likely N-dealkylation sites (tertiary alicyclic amines) is 1. The largest absolute Gasteiger partial charge is 0.350 e. The zero-order chi connectivity index (χ0) is 16.2. The van der Waals surface area contributed by atoms with Gasteiger partial charge in [0.2, 0.25) is 5.91 Å². The van der Waals surface area contributed by atoms with Gasteiger partial charge < -0.3 is 14.4 Å². The summed E-state index contributed by atoms with van der Waals surface area (Å²) in [6.07, 6.45) is 2.19. The van der Waals surface area contributed by atoms with Crippen molar-refractivity contribution in [2.45, 2.75) is 32.0 Å². The summed E-state index contributed by atoms with van der Waals surface area (Å²) in [5, 5.41) is 0. The maximum Gasteiger partial charge on any atom is 0.223 e. The van der Waals surface area contributed by atoms with E-state index in [1.807, 2.05) is 4.90 Å². The number of amides is 1. The van der Waals surface area contributed by atoms with Gasteiger partial charge in [-0.05, 0) is 25.0 Å². The van der Waals surface area contributed by atoms with Gasteiger partial charge in [-0.1, -0.05) is 11.6 Å². The second-order valence-electron chi connectivity index (χ2n) is 5.86. The van der Waals surface area contributed by atoms with Crippen LogP contribution in [0.25, 0.3) is 0 Å². The van der Waals surface area contributed by atoms with E-state index in [1.165, 1.54) is 11.3 Å². The number of carbonyl (C=O) groups is 2. The first-order valence-corrected chi connectivity index (χ1v) is 9.12. The van der Waals surface area contributed by atoms with E-state index in [4.69, 9.17) is 21.1 Å². The molecule has 7 heteroatoms. The summed E-state index contributed by atoms with van der Waals surface area (Å²) in [5.41, 5.74) is 0. The fourth-order valence-corrected chi connectivity index (χ4v) is 4.05. The molecule has 0 aromatic carbocycles. The van der Waals surface area contributed by atoms with Gasteiger partial charge in [0.15, 0.2) is 12.1 Å². The Morgan fingerprint density at radius 2 is 1.87 bits per heavy atom. The Bertz CT molecular complexity index is 562. The molecule has 0 saturated carbocycles. The van der Waals surface area contributed by atoms with Gasteiger partial charge in [0, 0.05) is 31.8 Å². The minimum absolute atomic E-state index is 0.0158. The number of piperidine rings is 1. The molecule has 0 unspecified atom stereocenters. The highest BCUT2D eigenvalue weighted by atomic mass is 35.5. The lowest BCUT2D eigenvalue weighted by atomic mass is 9.96. The Labute approximate surface area is 144 Å². The molecule has 0 bridgehead atoms. The SMILES string of the molecule is O=C(CCC(=O)N1CCC(C2OCCO2)CC1)c1ccc(Cl)s1. The van der Waals surface area contributed by atoms with Crippen LogP contribution in [0.1, 0.15) is 35.4 Å². The Kier molecular flexibility index (Phi) is 5.69. The van der Waals surface area contributed by atoms with Gasteiger partial charge in [0.25, 0.3) is 0 Å². The van der Waals surface area contributed by atoms with E-state index in [-0.39, 0.29) is 30.8 Å². The van der Waals surface area contributed by atoms with Crippen molar-refractivity contribution in [2.75, 3.05) is 26.3 Å². The molecule has 0 aliphatic carbocycles. The van der Waals surface area contributed by atoms with Crippen molar-refractivity contribution in [1.82, 2.24) is 4.90 Å². The standard InChI is InChI=1S/C16H20ClNO4S/c17-14-3-2-13(23-14)12(19)1-4-15(20)18-7-5-11(6-8-18)16-21-9-10-22-16/h2-3,11,16H,1,4-10H2. The van der Waals surface area contributed by atoms with Crippen LogP contribution in [-0.4, -0.2) is 49.2 Å². The Morgan fingerprint density at radius 3 is 2.48 bits per heavy atom. The van der Waals surface area contributed by atoms with Gasteiger partial charge >= 0.3 is 0 Å². The normalized spacial score (nSPS) is 20.1. The molecule has 126 valence electrons. The molecule has 23 heavy (non-hydrogen) atoms. The fraction of sp³-hybridized carbons (Fsp3) is 0.625. The molecule has 1 aromatic rings. The lowest BCUT2D eigenvalue weighted by Crippen LogP contribution is -2.41. The van der Waals surface area contributed by atoms with Crippen molar-refractivity contribution in [1.29, 1.82) is 0 Å². The number of carbonyl (C=O) groups excluding carboxylic acids is 2. The molecule has 2 aliphatic rings. The quantitative estimate of drug-likeness (QED) is 0.760. The number of hydrogen-bond donors (Lipinski definition) is 0. The van der Waals surface area contributed by atoms with Crippen LogP contribution in [0.4, 0.5) is 0 Å². The summed E-state index contributed by atoms with van der Waals surface area (Å²) in [6.45, 7) is 2.76. The van der Waals surface area contributed by atoms with Crippen LogP contribution in [0, 0.1) is 5.92 Å². The van der Waals surface area contributed by atoms with Gasteiger partial charge in [-0.3, -0.25) is 9.59 Å². The van der Waals surface area contributed by atoms with Gasteiger partial charge in [0.05, 0.1) is 22.4 Å². The van der Waals surface area contributed by atoms with Crippen molar-refractivity contribution in [3.8, 4) is 0 Å². The molecule has 0 N–H and O–H groups in total. The maximum absolute atomic E-state index is 12.3. The smallest absolute Gasteiger partial charge is 0.223 e. The predicted molar refractivity (Wildman–Crippen MR) is 87.9 cm³/mol. The van der Waals surface area contributed by atoms with E-state index in [0.717, 1.165) is 12.8 Å². The van der Waals surface area contributed by atoms with Gasteiger partial charge in [-0.2, -0.15) is 0 Å². The number of nitrogens with zero attached hydrogens (tertiary/aromatic N) is 1. The Balaban J connectivity index is 1.41. The van der Waals surface area contributed by atoms with Crippen LogP contribution in [0.15, 0.2) is 12.1 Å². The molecule has 2 aliphatic heterocycles. The Morgan fingerprint density at radius 1 is 1.17 bits per heavy atom. The molecule has 0 radical (unpaired) electrons. The first kappa shape index (κ1) is 16.9. The number of halogens is 1. The number of Topliss-reactive ketones (excluding diaryl/α,β-unsaturated/α-hetero) is 1. The first-order valence-electron chi connectivity index (χ1n) is 7.93. The van der Waals surface area contributed by atoms with E-state index in [2.05, 4.69) is 0 Å². The third-order valence-corrected chi connectivity index (χ3v) is 5.61. The van der Waals surface area contributed by atoms with Gasteiger partial charge in [0.1, 0.15) is 0 Å². The molecule has 3 heterocycles. The Hall–Kier alpha value is -0.950. The van der Waals surface area contributed by atoms with Gasteiger partial charge in [-0.25, -0.2) is 0 Å². The van der Waals surface area contributed by atoms with Crippen molar-refractivity contribution in [2.24, 2.45) is 5.92 Å². The molecule has 0 atom stereocenters. The van der Waals surface area contributed by atoms with Crippen molar-refractivity contribution in [3.05, 3.63) is 21.3 Å². The van der Waals surface area contributed by atoms with Crippen LogP contribution in [0.5, 0.6) is 0 Å². The van der Waals surface area contributed by atoms with Crippen LogP contribution in [0.2, 0.25) is 4.34 Å². The molecule has 5 nitrogen and oxygen atoms in total. The van der Waals surface area contributed by atoms with E-state index >= 15 is 0 Å². The monoisotopic (exact) mass is 357 g/mol. The number of ether oxygens (including phenoxy) is 2. The third-order valence-electron chi connectivity index (χ3n) is 4.34. The van der Waals surface area contributed by atoms with Crippen LogP contribution >= 0.6 is 22.9 Å². The number of thiophene rings is 1. The number of ketones is 1. The van der Waals surface area contributed by atoms with E-state index in [1.54, 1.807) is 12.1 Å². The molecule has 1 aromatic heterocycles. The summed E-state index contributed by atoms with van der Waals surface area (Å²) in [4.78, 5) is 26.7. The molecule has 2 saturated heterocycles. The highest BCUT2D eigenvalue weighted by molar-refractivity contribution is 7.18. The minimum atomic E-state index is -0.0996. The van der Waals surface area contributed by atoms with Crippen molar-refractivity contribution in [3.63, 3.8) is 0 Å².